The van der Waals surface area contributed by atoms with Gasteiger partial charge in [0, 0.05) is 17.4 Å². The summed E-state index contributed by atoms with van der Waals surface area (Å²) in [5.41, 5.74) is 4.49. The molecule has 0 saturated heterocycles. The third-order valence-electron chi connectivity index (χ3n) is 4.04. The Labute approximate surface area is 140 Å². The fourth-order valence-electron chi connectivity index (χ4n) is 2.61. The first kappa shape index (κ1) is 17.9. The average molecular weight is 343 g/mol. The molecule has 0 amide bonds. The molecule has 0 spiro atoms. The quantitative estimate of drug-likeness (QED) is 0.571. The maximum absolute atomic E-state index is 13.1. The topological polar surface area (TPSA) is 44.6 Å². The summed E-state index contributed by atoms with van der Waals surface area (Å²) >= 11 is 5.87. The summed E-state index contributed by atoms with van der Waals surface area (Å²) in [6.07, 6.45) is 2.03. The van der Waals surface area contributed by atoms with Gasteiger partial charge in [0.25, 0.3) is 5.92 Å². The Balaban J connectivity index is 1.87. The number of alkyl halides is 2. The molecular formula is C17H21ClF2N2O. The Kier molecular flexibility index (Phi) is 6.13. The van der Waals surface area contributed by atoms with Crippen LogP contribution in [0.25, 0.3) is 0 Å². The molecule has 126 valence electrons. The van der Waals surface area contributed by atoms with E-state index in [0.717, 1.165) is 11.3 Å². The highest BCUT2D eigenvalue weighted by molar-refractivity contribution is 6.30. The Bertz CT molecular complexity index is 560. The molecule has 1 aromatic carbocycles. The van der Waals surface area contributed by atoms with Gasteiger partial charge in [-0.15, -0.1) is 0 Å². The van der Waals surface area contributed by atoms with Gasteiger partial charge < -0.3 is 5.11 Å². The molecule has 0 saturated carbocycles. The van der Waals surface area contributed by atoms with E-state index in [2.05, 4.69) is 17.1 Å². The molecule has 2 unspecified atom stereocenters. The molecule has 0 aliphatic carbocycles. The van der Waals surface area contributed by atoms with Crippen LogP contribution in [0.4, 0.5) is 8.78 Å². The Morgan fingerprint density at radius 2 is 2.04 bits per heavy atom. The molecular weight excluding hydrogens is 322 g/mol. The van der Waals surface area contributed by atoms with Crippen LogP contribution in [0.1, 0.15) is 37.7 Å². The molecule has 2 atom stereocenters. The van der Waals surface area contributed by atoms with E-state index in [0.29, 0.717) is 36.8 Å². The Morgan fingerprint density at radius 3 is 2.70 bits per heavy atom. The van der Waals surface area contributed by atoms with Gasteiger partial charge >= 0.3 is 0 Å². The van der Waals surface area contributed by atoms with E-state index in [4.69, 9.17) is 11.6 Å². The van der Waals surface area contributed by atoms with Crippen molar-refractivity contribution >= 4 is 17.3 Å². The normalized spacial score (nSPS) is 21.5. The number of allylic oxidation sites excluding steroid dienone is 1. The van der Waals surface area contributed by atoms with E-state index in [1.54, 1.807) is 12.1 Å². The second kappa shape index (κ2) is 7.88. The van der Waals surface area contributed by atoms with Crippen molar-refractivity contribution < 1.29 is 13.9 Å². The number of halogens is 3. The third kappa shape index (κ3) is 5.29. The molecule has 1 aliphatic heterocycles. The highest BCUT2D eigenvalue weighted by atomic mass is 35.5. The zero-order valence-electron chi connectivity index (χ0n) is 12.8. The van der Waals surface area contributed by atoms with Gasteiger partial charge in [-0.1, -0.05) is 36.7 Å². The number of unbranched alkanes of at least 4 members (excludes halogenated alkanes) is 1. The lowest BCUT2D eigenvalue weighted by Gasteiger charge is -2.28. The lowest BCUT2D eigenvalue weighted by molar-refractivity contribution is 0.0396. The summed E-state index contributed by atoms with van der Waals surface area (Å²) in [5, 5.41) is 14.8. The van der Waals surface area contributed by atoms with Gasteiger partial charge in [0.1, 0.15) is 6.23 Å². The lowest BCUT2D eigenvalue weighted by atomic mass is 9.90. The zero-order valence-corrected chi connectivity index (χ0v) is 13.6. The standard InChI is InChI=1S/C17H21ClF2N2O/c1-2-17(19,20)10-4-3-5-13-11-15(21-22-16(13)23)12-6-8-14(18)9-7-12/h2,6-9,13,16,22-23H,1,3-5,10-11H2. The number of benzene rings is 1. The van der Waals surface area contributed by atoms with Gasteiger partial charge in [0.2, 0.25) is 0 Å². The van der Waals surface area contributed by atoms with E-state index < -0.39 is 12.2 Å². The number of nitrogens with zero attached hydrogens (tertiary/aromatic N) is 1. The van der Waals surface area contributed by atoms with Gasteiger partial charge in [-0.05, 0) is 43.0 Å². The number of nitrogens with one attached hydrogen (secondary N) is 1. The maximum atomic E-state index is 13.1. The molecule has 3 nitrogen and oxygen atoms in total. The average Bonchev–Trinajstić information content (AvgIpc) is 2.54. The maximum Gasteiger partial charge on any atom is 0.266 e. The van der Waals surface area contributed by atoms with Crippen LogP contribution in [0.5, 0.6) is 0 Å². The molecule has 23 heavy (non-hydrogen) atoms. The summed E-state index contributed by atoms with van der Waals surface area (Å²) in [7, 11) is 0. The van der Waals surface area contributed by atoms with E-state index in [1.165, 1.54) is 0 Å². The Hall–Kier alpha value is -1.46. The molecule has 1 aromatic rings. The number of rotatable bonds is 7. The van der Waals surface area contributed by atoms with Crippen molar-refractivity contribution in [1.82, 2.24) is 5.43 Å². The van der Waals surface area contributed by atoms with Crippen LogP contribution in [-0.4, -0.2) is 23.0 Å². The molecule has 0 bridgehead atoms. The molecule has 0 fully saturated rings. The van der Waals surface area contributed by atoms with Gasteiger partial charge in [0.15, 0.2) is 0 Å². The van der Waals surface area contributed by atoms with Crippen molar-refractivity contribution in [2.45, 2.75) is 44.3 Å². The SMILES string of the molecule is C=CC(F)(F)CCCCC1CC(c2ccc(Cl)cc2)=NNC1O. The van der Waals surface area contributed by atoms with Gasteiger partial charge in [-0.2, -0.15) is 5.10 Å². The number of hydrogen-bond donors (Lipinski definition) is 2. The molecule has 2 N–H and O–H groups in total. The second-order valence-corrected chi connectivity index (χ2v) is 6.25. The molecule has 1 aliphatic rings. The van der Waals surface area contributed by atoms with E-state index in [1.807, 2.05) is 12.1 Å². The Morgan fingerprint density at radius 1 is 1.35 bits per heavy atom. The first-order valence-electron chi connectivity index (χ1n) is 7.69. The molecule has 6 heteroatoms. The van der Waals surface area contributed by atoms with E-state index in [-0.39, 0.29) is 12.3 Å². The number of hydrogen-bond acceptors (Lipinski definition) is 3. The number of hydrazone groups is 1. The molecule has 1 heterocycles. The van der Waals surface area contributed by atoms with Gasteiger partial charge in [-0.3, -0.25) is 5.43 Å². The minimum absolute atomic E-state index is 0.0458. The van der Waals surface area contributed by atoms with Crippen LogP contribution in [0.3, 0.4) is 0 Å². The molecule has 0 radical (unpaired) electrons. The monoisotopic (exact) mass is 342 g/mol. The third-order valence-corrected chi connectivity index (χ3v) is 4.30. The highest BCUT2D eigenvalue weighted by Gasteiger charge is 2.27. The minimum atomic E-state index is -2.81. The largest absolute Gasteiger partial charge is 0.372 e. The minimum Gasteiger partial charge on any atom is -0.372 e. The van der Waals surface area contributed by atoms with Crippen molar-refractivity contribution in [2.75, 3.05) is 0 Å². The fraction of sp³-hybridized carbons (Fsp3) is 0.471. The van der Waals surface area contributed by atoms with Crippen LogP contribution in [-0.2, 0) is 0 Å². The van der Waals surface area contributed by atoms with Crippen LogP contribution >= 0.6 is 11.6 Å². The van der Waals surface area contributed by atoms with E-state index >= 15 is 0 Å². The summed E-state index contributed by atoms with van der Waals surface area (Å²) in [4.78, 5) is 0. The van der Waals surface area contributed by atoms with Crippen molar-refractivity contribution in [2.24, 2.45) is 11.0 Å². The lowest BCUT2D eigenvalue weighted by Crippen LogP contribution is -2.39. The van der Waals surface area contributed by atoms with Crippen LogP contribution in [0, 0.1) is 5.92 Å². The van der Waals surface area contributed by atoms with Gasteiger partial charge in [-0.25, -0.2) is 8.78 Å². The number of aliphatic hydroxyl groups is 1. The summed E-state index contributed by atoms with van der Waals surface area (Å²) < 4.78 is 26.2. The van der Waals surface area contributed by atoms with E-state index in [9.17, 15) is 13.9 Å². The highest BCUT2D eigenvalue weighted by Crippen LogP contribution is 2.27. The first-order chi connectivity index (χ1) is 10.9. The van der Waals surface area contributed by atoms with Gasteiger partial charge in [0.05, 0.1) is 5.71 Å². The smallest absolute Gasteiger partial charge is 0.266 e. The van der Waals surface area contributed by atoms with Crippen LogP contribution < -0.4 is 5.43 Å². The summed E-state index contributed by atoms with van der Waals surface area (Å²) in [6, 6.07) is 7.33. The van der Waals surface area contributed by atoms with Crippen molar-refractivity contribution in [3.63, 3.8) is 0 Å². The van der Waals surface area contributed by atoms with Crippen molar-refractivity contribution in [3.8, 4) is 0 Å². The fourth-order valence-corrected chi connectivity index (χ4v) is 2.73. The predicted molar refractivity (Wildman–Crippen MR) is 88.9 cm³/mol. The predicted octanol–water partition coefficient (Wildman–Crippen LogP) is 4.35. The number of aliphatic hydroxyl groups excluding tert-OH is 1. The summed E-state index contributed by atoms with van der Waals surface area (Å²) in [5.74, 6) is -2.85. The molecule has 0 aromatic heterocycles. The van der Waals surface area contributed by atoms with Crippen molar-refractivity contribution in [3.05, 3.63) is 47.5 Å². The first-order valence-corrected chi connectivity index (χ1v) is 8.06. The summed E-state index contributed by atoms with van der Waals surface area (Å²) in [6.45, 7) is 3.14. The van der Waals surface area contributed by atoms with Crippen LogP contribution in [0.2, 0.25) is 5.02 Å². The van der Waals surface area contributed by atoms with Crippen molar-refractivity contribution in [1.29, 1.82) is 0 Å². The molecule has 2 rings (SSSR count). The zero-order chi connectivity index (χ0) is 16.9. The second-order valence-electron chi connectivity index (χ2n) is 5.81. The van der Waals surface area contributed by atoms with Crippen LogP contribution in [0.15, 0.2) is 42.0 Å².